The van der Waals surface area contributed by atoms with Crippen molar-refractivity contribution in [2.24, 2.45) is 5.92 Å². The second-order valence-electron chi connectivity index (χ2n) is 7.63. The topological polar surface area (TPSA) is 161 Å². The fraction of sp³-hybridized carbons (Fsp3) is 0.417. The molecular weight excluding hydrogens is 511 g/mol. The summed E-state index contributed by atoms with van der Waals surface area (Å²) in [5, 5.41) is 0. The number of esters is 2. The molecule has 0 amide bonds. The maximum atomic E-state index is 12.8. The van der Waals surface area contributed by atoms with Crippen LogP contribution in [0, 0.1) is 12.8 Å². The molecule has 12 nitrogen and oxygen atoms in total. The average Bonchev–Trinajstić information content (AvgIpc) is 3.22. The molecule has 0 fully saturated rings. The minimum Gasteiger partial charge on any atom is -0.498 e. The summed E-state index contributed by atoms with van der Waals surface area (Å²) in [6.45, 7) is 2.66. The van der Waals surface area contributed by atoms with Crippen LogP contribution in [0.5, 0.6) is 0 Å². The lowest BCUT2D eigenvalue weighted by molar-refractivity contribution is -0.150. The third-order valence-electron chi connectivity index (χ3n) is 5.06. The van der Waals surface area contributed by atoms with Crippen LogP contribution < -0.4 is 5.82 Å². The van der Waals surface area contributed by atoms with E-state index < -0.39 is 32.1 Å². The number of ether oxygens (including phenoxy) is 4. The fourth-order valence-electron chi connectivity index (χ4n) is 2.91. The Hall–Kier alpha value is -3.47. The molecule has 0 saturated carbocycles. The van der Waals surface area contributed by atoms with Gasteiger partial charge in [-0.3, -0.25) is 14.4 Å². The highest BCUT2D eigenvalue weighted by molar-refractivity contribution is 7.46. The molecule has 202 valence electrons. The Morgan fingerprint density at radius 2 is 1.86 bits per heavy atom. The maximum Gasteiger partial charge on any atom is 0.519 e. The predicted molar refractivity (Wildman–Crippen MR) is 128 cm³/mol. The van der Waals surface area contributed by atoms with Gasteiger partial charge in [-0.05, 0) is 25.8 Å². The summed E-state index contributed by atoms with van der Waals surface area (Å²) in [7, 11) is -0.780. The Kier molecular flexibility index (Phi) is 12.5. The van der Waals surface area contributed by atoms with Gasteiger partial charge in [-0.1, -0.05) is 30.3 Å². The molecule has 0 bridgehead atoms. The second kappa shape index (κ2) is 15.6. The van der Waals surface area contributed by atoms with E-state index in [1.165, 1.54) is 21.0 Å². The molecule has 2 unspecified atom stereocenters. The highest BCUT2D eigenvalue weighted by Crippen LogP contribution is 2.37. The normalized spacial score (nSPS) is 13.2. The van der Waals surface area contributed by atoms with Crippen LogP contribution in [-0.2, 0) is 51.1 Å². The zero-order chi connectivity index (χ0) is 27.2. The molecule has 2 atom stereocenters. The van der Waals surface area contributed by atoms with Crippen molar-refractivity contribution in [2.45, 2.75) is 39.9 Å². The molecule has 2 rings (SSSR count). The summed E-state index contributed by atoms with van der Waals surface area (Å²) < 4.78 is 35.1. The molecule has 13 heteroatoms. The average molecular weight is 540 g/mol. The maximum absolute atomic E-state index is 12.8. The van der Waals surface area contributed by atoms with E-state index in [4.69, 9.17) is 32.3 Å². The predicted octanol–water partition coefficient (Wildman–Crippen LogP) is 3.10. The molecule has 37 heavy (non-hydrogen) atoms. The molecule has 0 radical (unpaired) electrons. The fourth-order valence-corrected chi connectivity index (χ4v) is 3.99. The zero-order valence-corrected chi connectivity index (χ0v) is 21.6. The van der Waals surface area contributed by atoms with Crippen molar-refractivity contribution in [3.05, 3.63) is 69.6 Å². The van der Waals surface area contributed by atoms with Crippen LogP contribution >= 0.6 is 8.38 Å². The SMILES string of the molecule is CO/C(C)=C(/COC(=O)CCC(CP(O)OCc1oc(=O)oc1C)C(=O)OCc1ccccc1)OC=O. The molecule has 2 aromatic rings. The summed E-state index contributed by atoms with van der Waals surface area (Å²) in [5.74, 6) is -2.48. The Labute approximate surface area is 214 Å². The van der Waals surface area contributed by atoms with Gasteiger partial charge in [-0.2, -0.15) is 0 Å². The number of allylic oxidation sites excluding steroid dienone is 1. The first-order valence-electron chi connectivity index (χ1n) is 11.1. The minimum absolute atomic E-state index is 0.00806. The van der Waals surface area contributed by atoms with Crippen molar-refractivity contribution >= 4 is 26.8 Å². The molecule has 0 aliphatic heterocycles. The number of hydrogen-bond donors (Lipinski definition) is 1. The standard InChI is InChI=1S/C24H29O12P/c1-16(30-3)20(33-15-25)12-31-22(26)10-9-19(23(27)32-11-18-7-5-4-6-8-18)14-37(29)34-13-21-17(2)35-24(28)36-21/h4-8,15,19,29H,9-14H2,1-3H3/b20-16-. The van der Waals surface area contributed by atoms with E-state index >= 15 is 0 Å². The van der Waals surface area contributed by atoms with Gasteiger partial charge in [0, 0.05) is 12.6 Å². The number of rotatable bonds is 16. The molecule has 0 spiro atoms. The molecular formula is C24H29O12P. The first-order valence-corrected chi connectivity index (χ1v) is 12.5. The number of carbonyl (C=O) groups is 3. The zero-order valence-electron chi connectivity index (χ0n) is 20.7. The summed E-state index contributed by atoms with van der Waals surface area (Å²) in [6, 6.07) is 9.01. The van der Waals surface area contributed by atoms with Crippen LogP contribution in [0.3, 0.4) is 0 Å². The van der Waals surface area contributed by atoms with Gasteiger partial charge in [0.1, 0.15) is 24.7 Å². The second-order valence-corrected chi connectivity index (χ2v) is 8.96. The van der Waals surface area contributed by atoms with Crippen molar-refractivity contribution in [3.63, 3.8) is 0 Å². The lowest BCUT2D eigenvalue weighted by Crippen LogP contribution is -2.23. The monoisotopic (exact) mass is 540 g/mol. The molecule has 1 aromatic heterocycles. The molecule has 0 aliphatic rings. The summed E-state index contributed by atoms with van der Waals surface area (Å²) in [5.41, 5.74) is 0.769. The quantitative estimate of drug-likeness (QED) is 0.109. The van der Waals surface area contributed by atoms with Gasteiger partial charge in [0.25, 0.3) is 6.47 Å². The van der Waals surface area contributed by atoms with Crippen LogP contribution in [-0.4, -0.2) is 43.2 Å². The highest BCUT2D eigenvalue weighted by atomic mass is 31.2. The van der Waals surface area contributed by atoms with Crippen molar-refractivity contribution < 1.29 is 51.6 Å². The minimum atomic E-state index is -2.15. The van der Waals surface area contributed by atoms with Crippen LogP contribution in [0.2, 0.25) is 0 Å². The van der Waals surface area contributed by atoms with E-state index in [1.807, 2.05) is 6.07 Å². The van der Waals surface area contributed by atoms with Crippen LogP contribution in [0.15, 0.2) is 55.5 Å². The third-order valence-corrected chi connectivity index (χ3v) is 6.24. The van der Waals surface area contributed by atoms with E-state index in [2.05, 4.69) is 0 Å². The number of benzene rings is 1. The Morgan fingerprint density at radius 1 is 1.14 bits per heavy atom. The van der Waals surface area contributed by atoms with Crippen LogP contribution in [0.1, 0.15) is 36.8 Å². The number of carbonyl (C=O) groups excluding carboxylic acids is 3. The van der Waals surface area contributed by atoms with E-state index in [9.17, 15) is 24.1 Å². The Balaban J connectivity index is 1.97. The van der Waals surface area contributed by atoms with Crippen molar-refractivity contribution in [1.82, 2.24) is 0 Å². The van der Waals surface area contributed by atoms with Crippen molar-refractivity contribution in [1.29, 1.82) is 0 Å². The number of methoxy groups -OCH3 is 1. The van der Waals surface area contributed by atoms with Gasteiger partial charge in [0.15, 0.2) is 26.5 Å². The smallest absolute Gasteiger partial charge is 0.498 e. The molecule has 1 aromatic carbocycles. The Bertz CT molecular complexity index is 1100. The molecule has 0 aliphatic carbocycles. The number of hydrogen-bond acceptors (Lipinski definition) is 12. The third kappa shape index (κ3) is 10.6. The highest BCUT2D eigenvalue weighted by Gasteiger charge is 2.27. The molecule has 1 N–H and O–H groups in total. The van der Waals surface area contributed by atoms with Gasteiger partial charge in [-0.25, -0.2) is 4.79 Å². The first-order chi connectivity index (χ1) is 17.7. The molecule has 0 saturated heterocycles. The Morgan fingerprint density at radius 3 is 2.49 bits per heavy atom. The van der Waals surface area contributed by atoms with Crippen LogP contribution in [0.25, 0.3) is 0 Å². The van der Waals surface area contributed by atoms with Gasteiger partial charge in [0.05, 0.1) is 13.0 Å². The lowest BCUT2D eigenvalue weighted by Gasteiger charge is -2.18. The number of aryl methyl sites for hydroxylation is 1. The summed E-state index contributed by atoms with van der Waals surface area (Å²) >= 11 is 0. The van der Waals surface area contributed by atoms with Crippen molar-refractivity contribution in [3.8, 4) is 0 Å². The van der Waals surface area contributed by atoms with Gasteiger partial charge in [-0.15, -0.1) is 0 Å². The van der Waals surface area contributed by atoms with E-state index in [0.717, 1.165) is 5.56 Å². The first kappa shape index (κ1) is 29.8. The van der Waals surface area contributed by atoms with E-state index in [0.29, 0.717) is 0 Å². The summed E-state index contributed by atoms with van der Waals surface area (Å²) in [6.07, 6.45) is -0.337. The lowest BCUT2D eigenvalue weighted by atomic mass is 10.1. The van der Waals surface area contributed by atoms with Gasteiger partial charge >= 0.3 is 17.8 Å². The van der Waals surface area contributed by atoms with Gasteiger partial charge in [0.2, 0.25) is 0 Å². The summed E-state index contributed by atoms with van der Waals surface area (Å²) in [4.78, 5) is 57.3. The van der Waals surface area contributed by atoms with E-state index in [1.54, 1.807) is 24.3 Å². The van der Waals surface area contributed by atoms with Crippen LogP contribution in [0.4, 0.5) is 0 Å². The molecule has 1 heterocycles. The largest absolute Gasteiger partial charge is 0.519 e. The van der Waals surface area contributed by atoms with Gasteiger partial charge < -0.3 is 37.2 Å². The van der Waals surface area contributed by atoms with E-state index in [-0.39, 0.29) is 68.3 Å². The van der Waals surface area contributed by atoms with Crippen molar-refractivity contribution in [2.75, 3.05) is 19.9 Å².